The van der Waals surface area contributed by atoms with E-state index in [1.165, 1.54) is 65.3 Å². The minimum Gasteiger partial charge on any atom is -0.309 e. The minimum atomic E-state index is 0.943. The van der Waals surface area contributed by atoms with Crippen molar-refractivity contribution in [3.63, 3.8) is 0 Å². The lowest BCUT2D eigenvalue weighted by atomic mass is 9.97. The van der Waals surface area contributed by atoms with Gasteiger partial charge >= 0.3 is 0 Å². The smallest absolute Gasteiger partial charge is 0.0715 e. The zero-order chi connectivity index (χ0) is 36.3. The molecule has 0 N–H and O–H groups in total. The van der Waals surface area contributed by atoms with Gasteiger partial charge < -0.3 is 4.57 Å². The second-order valence-electron chi connectivity index (χ2n) is 14.4. The van der Waals surface area contributed by atoms with Crippen molar-refractivity contribution < 1.29 is 0 Å². The molecule has 0 spiro atoms. The van der Waals surface area contributed by atoms with Gasteiger partial charge in [0.25, 0.3) is 0 Å². The predicted octanol–water partition coefficient (Wildman–Crippen LogP) is 14.3. The topological polar surface area (TPSA) is 17.8 Å². The van der Waals surface area contributed by atoms with Crippen molar-refractivity contribution in [3.05, 3.63) is 206 Å². The van der Waals surface area contributed by atoms with Crippen molar-refractivity contribution in [1.29, 1.82) is 0 Å². The lowest BCUT2D eigenvalue weighted by Gasteiger charge is -2.14. The highest BCUT2D eigenvalue weighted by Crippen LogP contribution is 2.41. The largest absolute Gasteiger partial charge is 0.309 e. The molecule has 11 aromatic rings. The number of hydrogen-bond acceptors (Lipinski definition) is 1. The van der Waals surface area contributed by atoms with Crippen LogP contribution < -0.4 is 0 Å². The van der Waals surface area contributed by atoms with Crippen molar-refractivity contribution in [3.8, 4) is 50.5 Å². The van der Waals surface area contributed by atoms with E-state index in [0.29, 0.717) is 0 Å². The van der Waals surface area contributed by atoms with E-state index in [9.17, 15) is 0 Å². The predicted molar refractivity (Wildman–Crippen MR) is 233 cm³/mol. The standard InChI is InChI=1S/C53H34N2/c1-2-12-35(13-3-1)40-18-10-20-42(30-40)48-33-44(34-49(54-48)43-25-24-36-14-4-5-17-39(36)31-43)41-19-11-21-45(32-41)55-50-28-26-37-15-6-8-22-46(37)52(50)53-47-23-9-7-16-38(47)27-29-51(53)55/h1-34H. The number of fused-ring (bicyclic) bond motifs is 8. The molecule has 0 fully saturated rings. The summed E-state index contributed by atoms with van der Waals surface area (Å²) < 4.78 is 2.45. The fourth-order valence-corrected chi connectivity index (χ4v) is 8.48. The third kappa shape index (κ3) is 5.30. The Labute approximate surface area is 319 Å². The first-order valence-corrected chi connectivity index (χ1v) is 18.9. The molecular weight excluding hydrogens is 665 g/mol. The van der Waals surface area contributed by atoms with Crippen LogP contribution >= 0.6 is 0 Å². The molecule has 2 heterocycles. The first-order chi connectivity index (χ1) is 27.2. The number of hydrogen-bond donors (Lipinski definition) is 0. The molecule has 0 atom stereocenters. The van der Waals surface area contributed by atoms with Crippen LogP contribution in [0.2, 0.25) is 0 Å². The van der Waals surface area contributed by atoms with E-state index in [-0.39, 0.29) is 0 Å². The summed E-state index contributed by atoms with van der Waals surface area (Å²) in [6.07, 6.45) is 0. The van der Waals surface area contributed by atoms with E-state index >= 15 is 0 Å². The summed E-state index contributed by atoms with van der Waals surface area (Å²) in [6.45, 7) is 0. The van der Waals surface area contributed by atoms with Gasteiger partial charge in [-0.05, 0) is 103 Å². The van der Waals surface area contributed by atoms with Crippen LogP contribution in [0.3, 0.4) is 0 Å². The van der Waals surface area contributed by atoms with E-state index in [4.69, 9.17) is 4.98 Å². The maximum atomic E-state index is 5.35. The summed E-state index contributed by atoms with van der Waals surface area (Å²) in [5.74, 6) is 0. The number of rotatable bonds is 5. The van der Waals surface area contributed by atoms with Crippen molar-refractivity contribution >= 4 is 54.1 Å². The van der Waals surface area contributed by atoms with E-state index in [0.717, 1.165) is 39.3 Å². The first-order valence-electron chi connectivity index (χ1n) is 18.9. The number of nitrogens with zero attached hydrogens (tertiary/aromatic N) is 2. The Morgan fingerprint density at radius 2 is 0.800 bits per heavy atom. The van der Waals surface area contributed by atoms with Gasteiger partial charge in [-0.15, -0.1) is 0 Å². The molecule has 0 bridgehead atoms. The Hall–Kier alpha value is -7.29. The molecule has 0 unspecified atom stereocenters. The zero-order valence-electron chi connectivity index (χ0n) is 30.0. The van der Waals surface area contributed by atoms with Crippen LogP contribution in [-0.2, 0) is 0 Å². The summed E-state index contributed by atoms with van der Waals surface area (Å²) in [5, 5.41) is 10.0. The normalized spacial score (nSPS) is 11.6. The maximum Gasteiger partial charge on any atom is 0.0715 e. The number of benzene rings is 9. The molecule has 11 rings (SSSR count). The fraction of sp³-hybridized carbons (Fsp3) is 0. The molecule has 0 aliphatic heterocycles. The second kappa shape index (κ2) is 12.7. The Balaban J connectivity index is 1.13. The van der Waals surface area contributed by atoms with Crippen LogP contribution in [0.5, 0.6) is 0 Å². The van der Waals surface area contributed by atoms with E-state index in [1.54, 1.807) is 0 Å². The fourth-order valence-electron chi connectivity index (χ4n) is 8.48. The Morgan fingerprint density at radius 3 is 1.49 bits per heavy atom. The Bertz CT molecular complexity index is 3170. The van der Waals surface area contributed by atoms with Crippen LogP contribution in [0.25, 0.3) is 105 Å². The second-order valence-corrected chi connectivity index (χ2v) is 14.4. The van der Waals surface area contributed by atoms with Crippen molar-refractivity contribution in [1.82, 2.24) is 9.55 Å². The summed E-state index contributed by atoms with van der Waals surface area (Å²) in [6, 6.07) is 74.6. The van der Waals surface area contributed by atoms with E-state index in [1.807, 2.05) is 0 Å². The first kappa shape index (κ1) is 31.3. The highest BCUT2D eigenvalue weighted by atomic mass is 15.0. The molecule has 0 aliphatic rings. The highest BCUT2D eigenvalue weighted by molar-refractivity contribution is 6.28. The Kier molecular flexibility index (Phi) is 7.21. The molecule has 55 heavy (non-hydrogen) atoms. The summed E-state index contributed by atoms with van der Waals surface area (Å²) in [5.41, 5.74) is 12.2. The van der Waals surface area contributed by atoms with Crippen molar-refractivity contribution in [2.24, 2.45) is 0 Å². The van der Waals surface area contributed by atoms with Gasteiger partial charge in [-0.2, -0.15) is 0 Å². The molecule has 0 saturated carbocycles. The quantitative estimate of drug-likeness (QED) is 0.175. The molecule has 0 saturated heterocycles. The number of aromatic nitrogens is 2. The third-order valence-electron chi connectivity index (χ3n) is 11.1. The maximum absolute atomic E-state index is 5.35. The molecule has 256 valence electrons. The zero-order valence-corrected chi connectivity index (χ0v) is 30.0. The summed E-state index contributed by atoms with van der Waals surface area (Å²) in [4.78, 5) is 5.35. The molecule has 0 amide bonds. The van der Waals surface area contributed by atoms with E-state index < -0.39 is 0 Å². The van der Waals surface area contributed by atoms with Gasteiger partial charge in [0, 0.05) is 27.6 Å². The van der Waals surface area contributed by atoms with Crippen LogP contribution in [0, 0.1) is 0 Å². The Morgan fingerprint density at radius 1 is 0.291 bits per heavy atom. The van der Waals surface area contributed by atoms with Gasteiger partial charge in [0.15, 0.2) is 0 Å². The van der Waals surface area contributed by atoms with Crippen molar-refractivity contribution in [2.45, 2.75) is 0 Å². The van der Waals surface area contributed by atoms with Crippen molar-refractivity contribution in [2.75, 3.05) is 0 Å². The molecule has 9 aromatic carbocycles. The van der Waals surface area contributed by atoms with Crippen LogP contribution in [0.4, 0.5) is 0 Å². The lowest BCUT2D eigenvalue weighted by molar-refractivity contribution is 1.18. The molecule has 0 radical (unpaired) electrons. The molecule has 2 nitrogen and oxygen atoms in total. The SMILES string of the molecule is c1ccc(-c2cccc(-c3cc(-c4cccc(-n5c6ccc7ccccc7c6c6c7ccccc7ccc65)c4)cc(-c4ccc5ccccc5c4)n3)c2)cc1. The van der Waals surface area contributed by atoms with Crippen LogP contribution in [0.15, 0.2) is 206 Å². The molecule has 0 aliphatic carbocycles. The van der Waals surface area contributed by atoms with Gasteiger partial charge in [0.1, 0.15) is 0 Å². The lowest BCUT2D eigenvalue weighted by Crippen LogP contribution is -1.95. The summed E-state index contributed by atoms with van der Waals surface area (Å²) >= 11 is 0. The van der Waals surface area contributed by atoms with Crippen LogP contribution in [-0.4, -0.2) is 9.55 Å². The van der Waals surface area contributed by atoms with Gasteiger partial charge in [0.2, 0.25) is 0 Å². The van der Waals surface area contributed by atoms with E-state index in [2.05, 4.69) is 211 Å². The molecular formula is C53H34N2. The molecule has 2 heteroatoms. The van der Waals surface area contributed by atoms with Gasteiger partial charge in [-0.25, -0.2) is 4.98 Å². The highest BCUT2D eigenvalue weighted by Gasteiger charge is 2.18. The van der Waals surface area contributed by atoms with Gasteiger partial charge in [-0.1, -0.05) is 158 Å². The monoisotopic (exact) mass is 698 g/mol. The third-order valence-corrected chi connectivity index (χ3v) is 11.1. The molecule has 2 aromatic heterocycles. The minimum absolute atomic E-state index is 0.943. The van der Waals surface area contributed by atoms with Gasteiger partial charge in [0.05, 0.1) is 22.4 Å². The average Bonchev–Trinajstić information content (AvgIpc) is 3.62. The summed E-state index contributed by atoms with van der Waals surface area (Å²) in [7, 11) is 0. The van der Waals surface area contributed by atoms with Gasteiger partial charge in [-0.3, -0.25) is 0 Å². The van der Waals surface area contributed by atoms with Crippen LogP contribution in [0.1, 0.15) is 0 Å². The average molecular weight is 699 g/mol. The number of pyridine rings is 1.